The predicted molar refractivity (Wildman–Crippen MR) is 111 cm³/mol. The highest BCUT2D eigenvalue weighted by atomic mass is 32.2. The molecule has 0 saturated carbocycles. The number of thiophene rings is 1. The first-order chi connectivity index (χ1) is 13.7. The summed E-state index contributed by atoms with van der Waals surface area (Å²) in [5, 5.41) is 16.0. The minimum atomic E-state index is -0.519. The van der Waals surface area contributed by atoms with Crippen molar-refractivity contribution in [3.63, 3.8) is 0 Å². The lowest BCUT2D eigenvalue weighted by atomic mass is 10.1. The lowest BCUT2D eigenvalue weighted by molar-refractivity contribution is -0.117. The molecule has 0 bridgehead atoms. The topological polar surface area (TPSA) is 88.9 Å². The first kappa shape index (κ1) is 20.1. The Morgan fingerprint density at radius 1 is 1.14 bits per heavy atom. The van der Waals surface area contributed by atoms with Gasteiger partial charge in [0.2, 0.25) is 5.91 Å². The molecule has 3 amide bonds. The van der Waals surface area contributed by atoms with Crippen molar-refractivity contribution in [3.8, 4) is 0 Å². The van der Waals surface area contributed by atoms with Crippen LogP contribution in [0.3, 0.4) is 0 Å². The number of carbonyl (C=O) groups excluding carboxylic acids is 2. The summed E-state index contributed by atoms with van der Waals surface area (Å²) in [6, 6.07) is 13.8. The summed E-state index contributed by atoms with van der Waals surface area (Å²) in [7, 11) is 1.47. The molecule has 146 valence electrons. The maximum atomic E-state index is 11.9. The molecule has 0 aliphatic heterocycles. The third-order valence-corrected chi connectivity index (χ3v) is 5.83. The quantitative estimate of drug-likeness (QED) is 0.552. The van der Waals surface area contributed by atoms with E-state index in [-0.39, 0.29) is 11.7 Å². The first-order valence-corrected chi connectivity index (χ1v) is 10.6. The molecule has 7 nitrogen and oxygen atoms in total. The molecule has 0 saturated heterocycles. The fourth-order valence-electron chi connectivity index (χ4n) is 2.59. The summed E-state index contributed by atoms with van der Waals surface area (Å²) < 4.78 is 2.06. The van der Waals surface area contributed by atoms with Crippen LogP contribution in [0, 0.1) is 0 Å². The molecule has 28 heavy (non-hydrogen) atoms. The van der Waals surface area contributed by atoms with Crippen LogP contribution in [0.25, 0.3) is 0 Å². The molecule has 2 N–H and O–H groups in total. The van der Waals surface area contributed by atoms with Gasteiger partial charge >= 0.3 is 6.03 Å². The number of benzene rings is 1. The van der Waals surface area contributed by atoms with E-state index in [0.29, 0.717) is 11.6 Å². The number of thioether (sulfide) groups is 1. The number of carbonyl (C=O) groups is 2. The van der Waals surface area contributed by atoms with Gasteiger partial charge in [0.05, 0.1) is 5.75 Å². The Kier molecular flexibility index (Phi) is 7.21. The van der Waals surface area contributed by atoms with Crippen molar-refractivity contribution in [2.24, 2.45) is 0 Å². The molecule has 1 aromatic carbocycles. The molecule has 0 radical (unpaired) electrons. The van der Waals surface area contributed by atoms with E-state index in [9.17, 15) is 9.59 Å². The lowest BCUT2D eigenvalue weighted by Crippen LogP contribution is -2.38. The maximum Gasteiger partial charge on any atom is 0.321 e. The summed E-state index contributed by atoms with van der Waals surface area (Å²) in [5.41, 5.74) is 1.23. The Morgan fingerprint density at radius 2 is 1.96 bits per heavy atom. The van der Waals surface area contributed by atoms with Crippen LogP contribution in [0.15, 0.2) is 53.0 Å². The minimum Gasteiger partial charge on any atom is -0.341 e. The van der Waals surface area contributed by atoms with Crippen LogP contribution in [0.5, 0.6) is 0 Å². The molecule has 0 atom stereocenters. The smallest absolute Gasteiger partial charge is 0.321 e. The number of aromatic nitrogens is 3. The van der Waals surface area contributed by atoms with E-state index >= 15 is 0 Å². The zero-order valence-electron chi connectivity index (χ0n) is 15.4. The molecule has 0 fully saturated rings. The molecule has 3 rings (SSSR count). The van der Waals surface area contributed by atoms with Crippen molar-refractivity contribution in [3.05, 3.63) is 64.1 Å². The van der Waals surface area contributed by atoms with Crippen LogP contribution in [-0.2, 0) is 24.2 Å². The monoisotopic (exact) mass is 415 g/mol. The fraction of sp³-hybridized carbons (Fsp3) is 0.263. The van der Waals surface area contributed by atoms with Crippen molar-refractivity contribution in [2.75, 3.05) is 12.8 Å². The summed E-state index contributed by atoms with van der Waals surface area (Å²) in [4.78, 5) is 24.4. The van der Waals surface area contributed by atoms with E-state index < -0.39 is 6.03 Å². The Labute approximate surface area is 171 Å². The van der Waals surface area contributed by atoms with Gasteiger partial charge in [0.1, 0.15) is 5.82 Å². The molecule has 0 spiro atoms. The normalized spacial score (nSPS) is 10.6. The number of hydrogen-bond acceptors (Lipinski definition) is 6. The molecule has 2 heterocycles. The number of nitrogens with zero attached hydrogens (tertiary/aromatic N) is 3. The summed E-state index contributed by atoms with van der Waals surface area (Å²) in [5.74, 6) is 0.588. The van der Waals surface area contributed by atoms with Crippen molar-refractivity contribution < 1.29 is 9.59 Å². The highest BCUT2D eigenvalue weighted by Crippen LogP contribution is 2.21. The van der Waals surface area contributed by atoms with E-state index in [1.807, 2.05) is 29.6 Å². The van der Waals surface area contributed by atoms with Gasteiger partial charge in [0.25, 0.3) is 0 Å². The van der Waals surface area contributed by atoms with Crippen LogP contribution in [-0.4, -0.2) is 39.5 Å². The number of imide groups is 1. The highest BCUT2D eigenvalue weighted by molar-refractivity contribution is 7.99. The van der Waals surface area contributed by atoms with E-state index in [1.54, 1.807) is 11.3 Å². The Morgan fingerprint density at radius 3 is 2.68 bits per heavy atom. The van der Waals surface area contributed by atoms with E-state index in [4.69, 9.17) is 0 Å². The van der Waals surface area contributed by atoms with Crippen LogP contribution >= 0.6 is 23.1 Å². The summed E-state index contributed by atoms with van der Waals surface area (Å²) >= 11 is 2.96. The third-order valence-electron chi connectivity index (χ3n) is 3.99. The number of aryl methyl sites for hydroxylation is 1. The predicted octanol–water partition coefficient (Wildman–Crippen LogP) is 2.72. The van der Waals surface area contributed by atoms with Gasteiger partial charge in [0.15, 0.2) is 5.16 Å². The zero-order chi connectivity index (χ0) is 19.8. The standard InChI is InChI=1S/C19H21N5O2S2/c1-20-18(26)21-17(25)13-28-19-23-22-16(12-15-8-5-11-27-15)24(19)10-9-14-6-3-2-4-7-14/h2-8,11H,9-10,12-13H2,1H3,(H2,20,21,25,26). The van der Waals surface area contributed by atoms with Crippen LogP contribution in [0.4, 0.5) is 4.79 Å². The van der Waals surface area contributed by atoms with Crippen LogP contribution in [0.2, 0.25) is 0 Å². The Hall–Kier alpha value is -2.65. The second-order valence-corrected chi connectivity index (χ2v) is 7.93. The van der Waals surface area contributed by atoms with Gasteiger partial charge < -0.3 is 9.88 Å². The average molecular weight is 416 g/mol. The molecule has 0 aliphatic rings. The number of hydrogen-bond donors (Lipinski definition) is 2. The van der Waals surface area contributed by atoms with Crippen molar-refractivity contribution >= 4 is 35.0 Å². The Bertz CT molecular complexity index is 910. The largest absolute Gasteiger partial charge is 0.341 e. The zero-order valence-corrected chi connectivity index (χ0v) is 17.1. The number of amides is 3. The molecule has 0 aliphatic carbocycles. The average Bonchev–Trinajstić information content (AvgIpc) is 3.36. The SMILES string of the molecule is CNC(=O)NC(=O)CSc1nnc(Cc2cccs2)n1CCc1ccccc1. The van der Waals surface area contributed by atoms with Crippen molar-refractivity contribution in [1.82, 2.24) is 25.4 Å². The minimum absolute atomic E-state index is 0.0931. The second kappa shape index (κ2) is 10.0. The van der Waals surface area contributed by atoms with Gasteiger partial charge in [-0.15, -0.1) is 21.5 Å². The first-order valence-electron chi connectivity index (χ1n) is 8.78. The second-order valence-electron chi connectivity index (χ2n) is 5.96. The van der Waals surface area contributed by atoms with Gasteiger partial charge in [-0.3, -0.25) is 10.1 Å². The van der Waals surface area contributed by atoms with Crippen molar-refractivity contribution in [2.45, 2.75) is 24.5 Å². The summed E-state index contributed by atoms with van der Waals surface area (Å²) in [6.45, 7) is 0.719. The molecule has 0 unspecified atom stereocenters. The molecule has 2 aromatic heterocycles. The van der Waals surface area contributed by atoms with Gasteiger partial charge in [-0.25, -0.2) is 4.79 Å². The van der Waals surface area contributed by atoms with Gasteiger partial charge in [0, 0.05) is 24.9 Å². The molecule has 3 aromatic rings. The van der Waals surface area contributed by atoms with Gasteiger partial charge in [-0.2, -0.15) is 0 Å². The number of nitrogens with one attached hydrogen (secondary N) is 2. The number of rotatable bonds is 8. The number of urea groups is 1. The van der Waals surface area contributed by atoms with Crippen molar-refractivity contribution in [1.29, 1.82) is 0 Å². The van der Waals surface area contributed by atoms with Crippen LogP contribution in [0.1, 0.15) is 16.3 Å². The van der Waals surface area contributed by atoms with Gasteiger partial charge in [-0.1, -0.05) is 48.2 Å². The Balaban J connectivity index is 1.71. The lowest BCUT2D eigenvalue weighted by Gasteiger charge is -2.10. The maximum absolute atomic E-state index is 11.9. The van der Waals surface area contributed by atoms with Gasteiger partial charge in [-0.05, 0) is 23.4 Å². The molecule has 9 heteroatoms. The third kappa shape index (κ3) is 5.67. The summed E-state index contributed by atoms with van der Waals surface area (Å²) in [6.07, 6.45) is 1.54. The molecular formula is C19H21N5O2S2. The van der Waals surface area contributed by atoms with Crippen LogP contribution < -0.4 is 10.6 Å². The van der Waals surface area contributed by atoms with E-state index in [0.717, 1.165) is 18.8 Å². The van der Waals surface area contributed by atoms with E-state index in [2.05, 4.69) is 43.6 Å². The van der Waals surface area contributed by atoms with E-state index in [1.165, 1.54) is 29.3 Å². The fourth-order valence-corrected chi connectivity index (χ4v) is 4.08. The molecular weight excluding hydrogens is 394 g/mol. The highest BCUT2D eigenvalue weighted by Gasteiger charge is 2.16.